The van der Waals surface area contributed by atoms with E-state index in [0.717, 1.165) is 10.9 Å². The van der Waals surface area contributed by atoms with Gasteiger partial charge in [-0.3, -0.25) is 9.59 Å². The van der Waals surface area contributed by atoms with Crippen LogP contribution in [0.4, 0.5) is 5.69 Å². The van der Waals surface area contributed by atoms with Crippen LogP contribution in [0.3, 0.4) is 0 Å². The number of aromatic nitrogens is 2. The van der Waals surface area contributed by atoms with Crippen LogP contribution in [-0.2, 0) is 18.3 Å². The van der Waals surface area contributed by atoms with Crippen molar-refractivity contribution in [3.05, 3.63) is 83.1 Å². The maximum absolute atomic E-state index is 12.7. The first-order chi connectivity index (χ1) is 15.9. The second-order valence-corrected chi connectivity index (χ2v) is 7.33. The van der Waals surface area contributed by atoms with Gasteiger partial charge in [0.25, 0.3) is 5.91 Å². The number of pyridine rings is 1. The van der Waals surface area contributed by atoms with Gasteiger partial charge in [-0.15, -0.1) is 0 Å². The number of anilines is 1. The number of carbonyl (C=O) groups is 2. The Kier molecular flexibility index (Phi) is 7.69. The van der Waals surface area contributed by atoms with Gasteiger partial charge in [-0.1, -0.05) is 49.7 Å². The van der Waals surface area contributed by atoms with Crippen molar-refractivity contribution in [1.82, 2.24) is 9.55 Å². The van der Waals surface area contributed by atoms with E-state index < -0.39 is 5.97 Å². The Hall–Kier alpha value is -3.84. The van der Waals surface area contributed by atoms with Crippen molar-refractivity contribution in [2.75, 3.05) is 5.32 Å². The highest BCUT2D eigenvalue weighted by molar-refractivity contribution is 6.32. The van der Waals surface area contributed by atoms with Gasteiger partial charge in [-0.25, -0.2) is 4.98 Å². The van der Waals surface area contributed by atoms with E-state index in [-0.39, 0.29) is 23.2 Å². The van der Waals surface area contributed by atoms with Crippen molar-refractivity contribution in [3.8, 4) is 11.6 Å². The minimum absolute atomic E-state index is 0.122. The number of amides is 1. The first kappa shape index (κ1) is 23.8. The SMILES string of the molecule is CC.Cn1c(C(=O)Nc2ccc(Oc3ccc(CC(=O)O)cc3Cl)nc2)cc2ccccc21. The molecule has 1 amide bonds. The van der Waals surface area contributed by atoms with Crippen LogP contribution in [0.2, 0.25) is 5.02 Å². The van der Waals surface area contributed by atoms with Gasteiger partial charge in [0.1, 0.15) is 11.4 Å². The van der Waals surface area contributed by atoms with E-state index in [1.54, 1.807) is 30.3 Å². The highest BCUT2D eigenvalue weighted by Gasteiger charge is 2.14. The highest BCUT2D eigenvalue weighted by Crippen LogP contribution is 2.30. The van der Waals surface area contributed by atoms with E-state index in [0.29, 0.717) is 22.7 Å². The van der Waals surface area contributed by atoms with E-state index in [4.69, 9.17) is 21.4 Å². The maximum atomic E-state index is 12.7. The first-order valence-corrected chi connectivity index (χ1v) is 10.8. The van der Waals surface area contributed by atoms with Gasteiger partial charge in [-0.05, 0) is 35.9 Å². The average molecular weight is 466 g/mol. The monoisotopic (exact) mass is 465 g/mol. The van der Waals surface area contributed by atoms with E-state index in [1.807, 2.05) is 55.8 Å². The summed E-state index contributed by atoms with van der Waals surface area (Å²) in [5.41, 5.74) is 2.60. The molecule has 33 heavy (non-hydrogen) atoms. The van der Waals surface area contributed by atoms with Gasteiger partial charge >= 0.3 is 5.97 Å². The summed E-state index contributed by atoms with van der Waals surface area (Å²) >= 11 is 6.17. The predicted octanol–water partition coefficient (Wildman–Crippen LogP) is 5.92. The number of benzene rings is 2. The molecule has 0 aliphatic heterocycles. The molecule has 170 valence electrons. The average Bonchev–Trinajstić information content (AvgIpc) is 3.15. The molecular weight excluding hydrogens is 442 g/mol. The number of aryl methyl sites for hydroxylation is 1. The molecule has 2 aromatic heterocycles. The van der Waals surface area contributed by atoms with E-state index >= 15 is 0 Å². The number of carbonyl (C=O) groups excluding carboxylic acids is 1. The lowest BCUT2D eigenvalue weighted by atomic mass is 10.1. The molecular formula is C25H24ClN3O4. The van der Waals surface area contributed by atoms with E-state index in [2.05, 4.69) is 10.3 Å². The molecule has 8 heteroatoms. The standard InChI is InChI=1S/C23H18ClN3O4.C2H6/c1-27-18-5-3-2-4-15(18)12-19(27)23(30)26-16-7-9-21(25-13-16)31-20-8-6-14(10-17(20)24)11-22(28)29;1-2/h2-10,12-13H,11H2,1H3,(H,26,30)(H,28,29);1-2H3. The number of para-hydroxylation sites is 1. The molecule has 7 nitrogen and oxygen atoms in total. The third kappa shape index (κ3) is 5.70. The van der Waals surface area contributed by atoms with Crippen LogP contribution in [-0.4, -0.2) is 26.5 Å². The van der Waals surface area contributed by atoms with E-state index in [1.165, 1.54) is 6.20 Å². The zero-order chi connectivity index (χ0) is 24.0. The molecule has 4 rings (SSSR count). The summed E-state index contributed by atoms with van der Waals surface area (Å²) in [6.45, 7) is 4.00. The lowest BCUT2D eigenvalue weighted by molar-refractivity contribution is -0.136. The Morgan fingerprint density at radius 3 is 2.48 bits per heavy atom. The summed E-state index contributed by atoms with van der Waals surface area (Å²) < 4.78 is 7.50. The van der Waals surface area contributed by atoms with Crippen LogP contribution in [0.1, 0.15) is 29.9 Å². The summed E-state index contributed by atoms with van der Waals surface area (Å²) in [6.07, 6.45) is 1.37. The number of aliphatic carboxylic acids is 1. The zero-order valence-corrected chi connectivity index (χ0v) is 19.3. The summed E-state index contributed by atoms with van der Waals surface area (Å²) in [6, 6.07) is 17.7. The minimum atomic E-state index is -0.938. The predicted molar refractivity (Wildman–Crippen MR) is 129 cm³/mol. The Balaban J connectivity index is 0.00000149. The van der Waals surface area contributed by atoms with Gasteiger partial charge in [0, 0.05) is 24.0 Å². The summed E-state index contributed by atoms with van der Waals surface area (Å²) in [4.78, 5) is 27.7. The third-order valence-electron chi connectivity index (χ3n) is 4.74. The molecule has 2 N–H and O–H groups in total. The maximum Gasteiger partial charge on any atom is 0.307 e. The van der Waals surface area contributed by atoms with Gasteiger partial charge in [-0.2, -0.15) is 0 Å². The van der Waals surface area contributed by atoms with Crippen LogP contribution in [0.5, 0.6) is 11.6 Å². The summed E-state index contributed by atoms with van der Waals surface area (Å²) in [5, 5.41) is 13.0. The van der Waals surface area contributed by atoms with Crippen molar-refractivity contribution in [2.45, 2.75) is 20.3 Å². The number of fused-ring (bicyclic) bond motifs is 1. The molecule has 0 saturated heterocycles. The lowest BCUT2D eigenvalue weighted by Gasteiger charge is -2.09. The second-order valence-electron chi connectivity index (χ2n) is 6.92. The molecule has 0 aliphatic rings. The molecule has 0 unspecified atom stereocenters. The number of rotatable bonds is 6. The third-order valence-corrected chi connectivity index (χ3v) is 5.04. The molecule has 0 radical (unpaired) electrons. The second kappa shape index (κ2) is 10.7. The fraction of sp³-hybridized carbons (Fsp3) is 0.160. The van der Waals surface area contributed by atoms with E-state index in [9.17, 15) is 9.59 Å². The largest absolute Gasteiger partial charge is 0.481 e. The van der Waals surface area contributed by atoms with Crippen LogP contribution in [0.15, 0.2) is 66.9 Å². The first-order valence-electron chi connectivity index (χ1n) is 10.4. The highest BCUT2D eigenvalue weighted by atomic mass is 35.5. The smallest absolute Gasteiger partial charge is 0.307 e. The number of ether oxygens (including phenoxy) is 1. The number of hydrogen-bond acceptors (Lipinski definition) is 4. The Bertz CT molecular complexity index is 1280. The Morgan fingerprint density at radius 1 is 1.09 bits per heavy atom. The summed E-state index contributed by atoms with van der Waals surface area (Å²) in [7, 11) is 1.85. The van der Waals surface area contributed by atoms with Crippen LogP contribution >= 0.6 is 11.6 Å². The number of hydrogen-bond donors (Lipinski definition) is 2. The summed E-state index contributed by atoms with van der Waals surface area (Å²) in [5.74, 6) is -0.537. The molecule has 0 bridgehead atoms. The van der Waals surface area contributed by atoms with Crippen LogP contribution in [0, 0.1) is 0 Å². The van der Waals surface area contributed by atoms with Crippen molar-refractivity contribution < 1.29 is 19.4 Å². The zero-order valence-electron chi connectivity index (χ0n) is 18.5. The number of nitrogens with one attached hydrogen (secondary N) is 1. The van der Waals surface area contributed by atoms with Gasteiger partial charge in [0.05, 0.1) is 23.3 Å². The van der Waals surface area contributed by atoms with Crippen molar-refractivity contribution in [3.63, 3.8) is 0 Å². The number of carboxylic acids is 1. The molecule has 2 heterocycles. The molecule has 0 spiro atoms. The van der Waals surface area contributed by atoms with Crippen molar-refractivity contribution >= 4 is 40.1 Å². The Labute approximate surface area is 196 Å². The number of nitrogens with zero attached hydrogens (tertiary/aromatic N) is 2. The molecule has 0 aliphatic carbocycles. The van der Waals surface area contributed by atoms with Crippen LogP contribution in [0.25, 0.3) is 10.9 Å². The quantitative estimate of drug-likeness (QED) is 0.368. The van der Waals surface area contributed by atoms with Crippen molar-refractivity contribution in [2.24, 2.45) is 7.05 Å². The van der Waals surface area contributed by atoms with Gasteiger partial charge < -0.3 is 19.7 Å². The Morgan fingerprint density at radius 2 is 1.85 bits per heavy atom. The molecule has 0 saturated carbocycles. The number of carboxylic acid groups (broad SMARTS) is 1. The fourth-order valence-electron chi connectivity index (χ4n) is 3.24. The normalized spacial score (nSPS) is 10.3. The van der Waals surface area contributed by atoms with Crippen molar-refractivity contribution in [1.29, 1.82) is 0 Å². The lowest BCUT2D eigenvalue weighted by Crippen LogP contribution is -2.15. The fourth-order valence-corrected chi connectivity index (χ4v) is 3.48. The van der Waals surface area contributed by atoms with Gasteiger partial charge in [0.15, 0.2) is 0 Å². The molecule has 0 atom stereocenters. The minimum Gasteiger partial charge on any atom is -0.481 e. The molecule has 0 fully saturated rings. The molecule has 2 aromatic carbocycles. The molecule has 4 aromatic rings. The van der Waals surface area contributed by atoms with Crippen LogP contribution < -0.4 is 10.1 Å². The topological polar surface area (TPSA) is 93.5 Å². The number of halogens is 1. The van der Waals surface area contributed by atoms with Gasteiger partial charge in [0.2, 0.25) is 5.88 Å².